The molecule has 0 spiro atoms. The Balaban J connectivity index is 2.00. The maximum absolute atomic E-state index is 14.8. The van der Waals surface area contributed by atoms with Crippen molar-refractivity contribution >= 4 is 0 Å². The molecule has 2 aromatic rings. The predicted octanol–water partition coefficient (Wildman–Crippen LogP) is 1.79. The summed E-state index contributed by atoms with van der Waals surface area (Å²) in [5.41, 5.74) is 0.328. The van der Waals surface area contributed by atoms with Gasteiger partial charge in [-0.25, -0.2) is 4.39 Å². The van der Waals surface area contributed by atoms with E-state index < -0.39 is 11.6 Å². The molecular weight excluding hydrogens is 233 g/mol. The summed E-state index contributed by atoms with van der Waals surface area (Å²) in [4.78, 5) is 0. The fourth-order valence-electron chi connectivity index (χ4n) is 2.32. The number of rotatable bonds is 3. The number of benzene rings is 1. The lowest BCUT2D eigenvalue weighted by Crippen LogP contribution is -2.50. The Bertz CT molecular complexity index is 536. The highest BCUT2D eigenvalue weighted by Crippen LogP contribution is 2.44. The van der Waals surface area contributed by atoms with Crippen LogP contribution in [0.15, 0.2) is 36.7 Å². The van der Waals surface area contributed by atoms with Gasteiger partial charge in [-0.1, -0.05) is 30.3 Å². The highest BCUT2D eigenvalue weighted by molar-refractivity contribution is 5.31. The maximum atomic E-state index is 14.8. The molecule has 1 fully saturated rings. The molecule has 1 aromatic carbocycles. The van der Waals surface area contributed by atoms with E-state index in [4.69, 9.17) is 4.74 Å². The summed E-state index contributed by atoms with van der Waals surface area (Å²) in [5.74, 6) is 0.349. The van der Waals surface area contributed by atoms with Crippen molar-refractivity contribution in [2.45, 2.75) is 11.6 Å². The van der Waals surface area contributed by atoms with Gasteiger partial charge < -0.3 is 9.30 Å². The van der Waals surface area contributed by atoms with Crippen LogP contribution >= 0.6 is 0 Å². The van der Waals surface area contributed by atoms with E-state index in [-0.39, 0.29) is 0 Å². The number of nitrogens with zero attached hydrogens (tertiary/aromatic N) is 3. The molecule has 1 atom stereocenters. The van der Waals surface area contributed by atoms with Crippen LogP contribution in [0.4, 0.5) is 4.39 Å². The number of halogens is 1. The zero-order chi connectivity index (χ0) is 12.6. The van der Waals surface area contributed by atoms with Crippen LogP contribution in [0.3, 0.4) is 0 Å². The van der Waals surface area contributed by atoms with Crippen LogP contribution in [0.1, 0.15) is 17.6 Å². The number of ether oxygens (including phenoxy) is 1. The van der Waals surface area contributed by atoms with Crippen LogP contribution in [-0.2, 0) is 17.2 Å². The van der Waals surface area contributed by atoms with Gasteiger partial charge in [0.15, 0.2) is 12.0 Å². The van der Waals surface area contributed by atoms with Crippen molar-refractivity contribution in [2.75, 3.05) is 13.2 Å². The number of hydrogen-bond donors (Lipinski definition) is 0. The Morgan fingerprint density at radius 3 is 2.56 bits per heavy atom. The molecule has 0 saturated carbocycles. The van der Waals surface area contributed by atoms with Crippen molar-refractivity contribution in [3.05, 3.63) is 48.0 Å². The molecule has 94 valence electrons. The molecule has 2 heterocycles. The first-order valence-corrected chi connectivity index (χ1v) is 5.85. The smallest absolute Gasteiger partial charge is 0.174 e. The van der Waals surface area contributed by atoms with Crippen molar-refractivity contribution in [2.24, 2.45) is 7.05 Å². The predicted molar refractivity (Wildman–Crippen MR) is 63.8 cm³/mol. The summed E-state index contributed by atoms with van der Waals surface area (Å²) in [6, 6.07) is 9.63. The molecule has 4 nitrogen and oxygen atoms in total. The summed E-state index contributed by atoms with van der Waals surface area (Å²) >= 11 is 0. The zero-order valence-electron chi connectivity index (χ0n) is 10.1. The van der Waals surface area contributed by atoms with Gasteiger partial charge in [0.2, 0.25) is 0 Å². The molecule has 5 heteroatoms. The van der Waals surface area contributed by atoms with E-state index >= 15 is 0 Å². The number of alkyl halides is 1. The third-order valence-corrected chi connectivity index (χ3v) is 3.53. The quantitative estimate of drug-likeness (QED) is 0.830. The summed E-state index contributed by atoms with van der Waals surface area (Å²) in [6.07, 6.45) is 0.307. The Morgan fingerprint density at radius 2 is 2.06 bits per heavy atom. The van der Waals surface area contributed by atoms with Crippen molar-refractivity contribution in [3.63, 3.8) is 0 Å². The van der Waals surface area contributed by atoms with Gasteiger partial charge in [0.05, 0.1) is 18.6 Å². The van der Waals surface area contributed by atoms with Gasteiger partial charge in [-0.2, -0.15) is 0 Å². The monoisotopic (exact) mass is 247 g/mol. The van der Waals surface area contributed by atoms with Crippen LogP contribution in [0.2, 0.25) is 0 Å². The minimum Gasteiger partial charge on any atom is -0.379 e. The zero-order valence-corrected chi connectivity index (χ0v) is 10.1. The Hall–Kier alpha value is -1.75. The van der Waals surface area contributed by atoms with Gasteiger partial charge in [-0.15, -0.1) is 10.2 Å². The molecule has 1 unspecified atom stereocenters. The molecule has 0 aliphatic carbocycles. The lowest BCUT2D eigenvalue weighted by atomic mass is 9.74. The van der Waals surface area contributed by atoms with Crippen molar-refractivity contribution in [1.29, 1.82) is 0 Å². The van der Waals surface area contributed by atoms with E-state index in [1.54, 1.807) is 11.6 Å². The van der Waals surface area contributed by atoms with E-state index in [1.165, 1.54) is 6.33 Å². The second-order valence-electron chi connectivity index (χ2n) is 4.68. The number of aromatic nitrogens is 3. The molecule has 18 heavy (non-hydrogen) atoms. The van der Waals surface area contributed by atoms with Crippen LogP contribution in [0, 0.1) is 0 Å². The molecule has 0 amide bonds. The molecule has 1 aliphatic heterocycles. The van der Waals surface area contributed by atoms with Crippen LogP contribution in [0.5, 0.6) is 0 Å². The largest absolute Gasteiger partial charge is 0.379 e. The van der Waals surface area contributed by atoms with E-state index in [1.807, 2.05) is 30.3 Å². The summed E-state index contributed by atoms with van der Waals surface area (Å²) in [5, 5.41) is 7.61. The van der Waals surface area contributed by atoms with Gasteiger partial charge in [0, 0.05) is 7.05 Å². The SMILES string of the molecule is Cn1cnnc1C(F)C1(c2ccccc2)COC1. The number of hydrogen-bond acceptors (Lipinski definition) is 3. The minimum absolute atomic E-state index is 0.349. The standard InChI is InChI=1S/C13H14FN3O/c1-17-9-15-16-12(17)11(14)13(7-18-8-13)10-5-3-2-4-6-10/h2-6,9,11H,7-8H2,1H3. The fraction of sp³-hybridized carbons (Fsp3) is 0.385. The van der Waals surface area contributed by atoms with Crippen molar-refractivity contribution < 1.29 is 9.13 Å². The van der Waals surface area contributed by atoms with Gasteiger partial charge in [-0.3, -0.25) is 0 Å². The lowest BCUT2D eigenvalue weighted by Gasteiger charge is -2.43. The van der Waals surface area contributed by atoms with Crippen LogP contribution in [0.25, 0.3) is 0 Å². The van der Waals surface area contributed by atoms with Crippen LogP contribution in [-0.4, -0.2) is 28.0 Å². The summed E-state index contributed by atoms with van der Waals surface area (Å²) in [6.45, 7) is 0.760. The molecule has 1 aromatic heterocycles. The average molecular weight is 247 g/mol. The van der Waals surface area contributed by atoms with Gasteiger partial charge in [0.25, 0.3) is 0 Å². The van der Waals surface area contributed by atoms with E-state index in [0.717, 1.165) is 5.56 Å². The third-order valence-electron chi connectivity index (χ3n) is 3.53. The topological polar surface area (TPSA) is 39.9 Å². The average Bonchev–Trinajstić information content (AvgIpc) is 2.75. The number of aryl methyl sites for hydroxylation is 1. The summed E-state index contributed by atoms with van der Waals surface area (Å²) in [7, 11) is 1.75. The van der Waals surface area contributed by atoms with E-state index in [0.29, 0.717) is 19.0 Å². The third kappa shape index (κ3) is 1.54. The Labute approximate surface area is 104 Å². The minimum atomic E-state index is -1.21. The first-order chi connectivity index (χ1) is 8.74. The van der Waals surface area contributed by atoms with Gasteiger partial charge in [0.1, 0.15) is 6.33 Å². The first-order valence-electron chi connectivity index (χ1n) is 5.85. The van der Waals surface area contributed by atoms with Crippen LogP contribution < -0.4 is 0 Å². The Kier molecular flexibility index (Phi) is 2.63. The molecular formula is C13H14FN3O. The van der Waals surface area contributed by atoms with E-state index in [2.05, 4.69) is 10.2 Å². The van der Waals surface area contributed by atoms with Gasteiger partial charge >= 0.3 is 0 Å². The second kappa shape index (κ2) is 4.17. The second-order valence-corrected chi connectivity index (χ2v) is 4.68. The molecule has 1 aliphatic rings. The highest BCUT2D eigenvalue weighted by Gasteiger charge is 2.50. The Morgan fingerprint density at radius 1 is 1.33 bits per heavy atom. The van der Waals surface area contributed by atoms with Crippen molar-refractivity contribution in [1.82, 2.24) is 14.8 Å². The normalized spacial score (nSPS) is 19.2. The lowest BCUT2D eigenvalue weighted by molar-refractivity contribution is -0.102. The maximum Gasteiger partial charge on any atom is 0.174 e. The molecule has 3 rings (SSSR count). The highest BCUT2D eigenvalue weighted by atomic mass is 19.1. The van der Waals surface area contributed by atoms with Gasteiger partial charge in [-0.05, 0) is 5.56 Å². The van der Waals surface area contributed by atoms with Crippen molar-refractivity contribution in [3.8, 4) is 0 Å². The molecule has 0 N–H and O–H groups in total. The van der Waals surface area contributed by atoms with E-state index in [9.17, 15) is 4.39 Å². The molecule has 0 bridgehead atoms. The summed E-state index contributed by atoms with van der Waals surface area (Å²) < 4.78 is 21.7. The fourth-order valence-corrected chi connectivity index (χ4v) is 2.32. The molecule has 1 saturated heterocycles. The molecule has 0 radical (unpaired) electrons. The first kappa shape index (κ1) is 11.3.